The normalized spacial score (nSPS) is 10.7. The standard InChI is InChI=1S/C15H18N2O4/c18-17(19)14-6-4-13(5-7-14)11-16-8-2-9-20-12-15-3-1-10-21-15/h1,3-7,10,16H,2,8-9,11-12H2. The summed E-state index contributed by atoms with van der Waals surface area (Å²) in [7, 11) is 0. The summed E-state index contributed by atoms with van der Waals surface area (Å²) in [6, 6.07) is 10.3. The predicted molar refractivity (Wildman–Crippen MR) is 77.8 cm³/mol. The average Bonchev–Trinajstić information content (AvgIpc) is 3.00. The lowest BCUT2D eigenvalue weighted by Crippen LogP contribution is -2.16. The number of hydrogen-bond donors (Lipinski definition) is 1. The molecule has 0 saturated carbocycles. The Balaban J connectivity index is 1.54. The van der Waals surface area contributed by atoms with Crippen LogP contribution in [0.2, 0.25) is 0 Å². The smallest absolute Gasteiger partial charge is 0.269 e. The number of rotatable bonds is 9. The van der Waals surface area contributed by atoms with Gasteiger partial charge >= 0.3 is 0 Å². The Morgan fingerprint density at radius 1 is 1.24 bits per heavy atom. The van der Waals surface area contributed by atoms with Crippen LogP contribution in [0.1, 0.15) is 17.7 Å². The molecule has 6 nitrogen and oxygen atoms in total. The number of ether oxygens (including phenoxy) is 1. The Morgan fingerprint density at radius 3 is 2.71 bits per heavy atom. The molecule has 0 spiro atoms. The van der Waals surface area contributed by atoms with Crippen LogP contribution < -0.4 is 5.32 Å². The molecule has 21 heavy (non-hydrogen) atoms. The van der Waals surface area contributed by atoms with Crippen LogP contribution in [0.5, 0.6) is 0 Å². The summed E-state index contributed by atoms with van der Waals surface area (Å²) in [6.07, 6.45) is 2.53. The van der Waals surface area contributed by atoms with Crippen LogP contribution in [0.3, 0.4) is 0 Å². The van der Waals surface area contributed by atoms with E-state index in [2.05, 4.69) is 5.32 Å². The third-order valence-electron chi connectivity index (χ3n) is 2.94. The summed E-state index contributed by atoms with van der Waals surface area (Å²) in [5.41, 5.74) is 1.14. The van der Waals surface area contributed by atoms with Crippen LogP contribution in [0, 0.1) is 10.1 Å². The molecule has 1 aromatic heterocycles. The van der Waals surface area contributed by atoms with E-state index in [-0.39, 0.29) is 5.69 Å². The van der Waals surface area contributed by atoms with E-state index in [0.29, 0.717) is 19.8 Å². The second-order valence-electron chi connectivity index (χ2n) is 4.59. The second kappa shape index (κ2) is 8.18. The Hall–Kier alpha value is -2.18. The number of nitrogens with zero attached hydrogens (tertiary/aromatic N) is 1. The zero-order valence-corrected chi connectivity index (χ0v) is 11.7. The van der Waals surface area contributed by atoms with Gasteiger partial charge in [-0.15, -0.1) is 0 Å². The van der Waals surface area contributed by atoms with Gasteiger partial charge in [0.25, 0.3) is 5.69 Å². The molecule has 0 amide bonds. The Kier molecular flexibility index (Phi) is 5.93. The zero-order chi connectivity index (χ0) is 14.9. The van der Waals surface area contributed by atoms with Crippen molar-refractivity contribution in [2.24, 2.45) is 0 Å². The molecule has 1 heterocycles. The molecule has 0 radical (unpaired) electrons. The van der Waals surface area contributed by atoms with Gasteiger partial charge in [0.05, 0.1) is 11.2 Å². The van der Waals surface area contributed by atoms with Crippen molar-refractivity contribution in [2.75, 3.05) is 13.2 Å². The van der Waals surface area contributed by atoms with E-state index in [1.807, 2.05) is 12.1 Å². The number of hydrogen-bond acceptors (Lipinski definition) is 5. The van der Waals surface area contributed by atoms with Gasteiger partial charge in [0.2, 0.25) is 0 Å². The first-order chi connectivity index (χ1) is 10.3. The lowest BCUT2D eigenvalue weighted by atomic mass is 10.2. The van der Waals surface area contributed by atoms with Crippen LogP contribution in [0.25, 0.3) is 0 Å². The zero-order valence-electron chi connectivity index (χ0n) is 11.7. The van der Waals surface area contributed by atoms with Gasteiger partial charge in [-0.2, -0.15) is 0 Å². The van der Waals surface area contributed by atoms with Crippen molar-refractivity contribution in [1.82, 2.24) is 5.32 Å². The van der Waals surface area contributed by atoms with Crippen LogP contribution in [-0.2, 0) is 17.9 Å². The van der Waals surface area contributed by atoms with Crippen molar-refractivity contribution in [3.8, 4) is 0 Å². The highest BCUT2D eigenvalue weighted by atomic mass is 16.6. The summed E-state index contributed by atoms with van der Waals surface area (Å²) >= 11 is 0. The molecule has 112 valence electrons. The largest absolute Gasteiger partial charge is 0.467 e. The fraction of sp³-hybridized carbons (Fsp3) is 0.333. The highest BCUT2D eigenvalue weighted by Crippen LogP contribution is 2.11. The molecule has 0 aliphatic carbocycles. The lowest BCUT2D eigenvalue weighted by molar-refractivity contribution is -0.384. The summed E-state index contributed by atoms with van der Waals surface area (Å²) in [5, 5.41) is 13.8. The molecule has 0 bridgehead atoms. The predicted octanol–water partition coefficient (Wildman–Crippen LogP) is 2.88. The molecule has 0 saturated heterocycles. The van der Waals surface area contributed by atoms with Crippen molar-refractivity contribution in [3.63, 3.8) is 0 Å². The van der Waals surface area contributed by atoms with Crippen molar-refractivity contribution in [1.29, 1.82) is 0 Å². The molecule has 1 aromatic carbocycles. The topological polar surface area (TPSA) is 77.5 Å². The van der Waals surface area contributed by atoms with Crippen LogP contribution >= 0.6 is 0 Å². The average molecular weight is 290 g/mol. The van der Waals surface area contributed by atoms with E-state index >= 15 is 0 Å². The molecule has 1 N–H and O–H groups in total. The first-order valence-corrected chi connectivity index (χ1v) is 6.80. The summed E-state index contributed by atoms with van der Waals surface area (Å²) < 4.78 is 10.6. The number of nitro groups is 1. The number of nitrogens with one attached hydrogen (secondary N) is 1. The Labute approximate surface area is 122 Å². The van der Waals surface area contributed by atoms with Gasteiger partial charge in [-0.3, -0.25) is 10.1 Å². The van der Waals surface area contributed by atoms with Gasteiger partial charge in [-0.25, -0.2) is 0 Å². The van der Waals surface area contributed by atoms with Crippen molar-refractivity contribution in [2.45, 2.75) is 19.6 Å². The monoisotopic (exact) mass is 290 g/mol. The van der Waals surface area contributed by atoms with E-state index in [1.54, 1.807) is 18.4 Å². The molecule has 0 unspecified atom stereocenters. The van der Waals surface area contributed by atoms with Crippen molar-refractivity contribution >= 4 is 5.69 Å². The van der Waals surface area contributed by atoms with Gasteiger partial charge in [-0.1, -0.05) is 12.1 Å². The number of nitro benzene ring substituents is 1. The minimum atomic E-state index is -0.395. The van der Waals surface area contributed by atoms with E-state index in [9.17, 15) is 10.1 Å². The summed E-state index contributed by atoms with van der Waals surface area (Å²) in [5.74, 6) is 0.828. The van der Waals surface area contributed by atoms with Gasteiger partial charge in [0.1, 0.15) is 12.4 Å². The van der Waals surface area contributed by atoms with E-state index < -0.39 is 4.92 Å². The molecular formula is C15H18N2O4. The van der Waals surface area contributed by atoms with E-state index in [4.69, 9.17) is 9.15 Å². The third kappa shape index (κ3) is 5.37. The van der Waals surface area contributed by atoms with Gasteiger partial charge in [0.15, 0.2) is 0 Å². The van der Waals surface area contributed by atoms with Gasteiger partial charge in [0, 0.05) is 25.3 Å². The fourth-order valence-corrected chi connectivity index (χ4v) is 1.83. The molecular weight excluding hydrogens is 272 g/mol. The molecule has 2 rings (SSSR count). The molecule has 6 heteroatoms. The lowest BCUT2D eigenvalue weighted by Gasteiger charge is -2.05. The number of benzene rings is 1. The van der Waals surface area contributed by atoms with E-state index in [0.717, 1.165) is 24.3 Å². The first kappa shape index (κ1) is 15.2. The van der Waals surface area contributed by atoms with Gasteiger partial charge < -0.3 is 14.5 Å². The van der Waals surface area contributed by atoms with Crippen LogP contribution in [-0.4, -0.2) is 18.1 Å². The summed E-state index contributed by atoms with van der Waals surface area (Å²) in [4.78, 5) is 10.1. The number of non-ortho nitro benzene ring substituents is 1. The quantitative estimate of drug-likeness (QED) is 0.436. The van der Waals surface area contributed by atoms with Crippen molar-refractivity contribution in [3.05, 3.63) is 64.1 Å². The first-order valence-electron chi connectivity index (χ1n) is 6.80. The van der Waals surface area contributed by atoms with Crippen LogP contribution in [0.15, 0.2) is 47.1 Å². The minimum Gasteiger partial charge on any atom is -0.467 e. The molecule has 0 aliphatic heterocycles. The summed E-state index contributed by atoms with van der Waals surface area (Å²) in [6.45, 7) is 2.68. The maximum Gasteiger partial charge on any atom is 0.269 e. The molecule has 0 atom stereocenters. The number of furan rings is 1. The maximum absolute atomic E-state index is 10.5. The molecule has 0 fully saturated rings. The van der Waals surface area contributed by atoms with E-state index in [1.165, 1.54) is 12.1 Å². The third-order valence-corrected chi connectivity index (χ3v) is 2.94. The highest BCUT2D eigenvalue weighted by Gasteiger charge is 2.03. The molecule has 0 aliphatic rings. The SMILES string of the molecule is O=[N+]([O-])c1ccc(CNCCCOCc2ccco2)cc1. The van der Waals surface area contributed by atoms with Gasteiger partial charge in [-0.05, 0) is 30.7 Å². The molecule has 2 aromatic rings. The van der Waals surface area contributed by atoms with Crippen LogP contribution in [0.4, 0.5) is 5.69 Å². The van der Waals surface area contributed by atoms with Crippen molar-refractivity contribution < 1.29 is 14.1 Å². The Bertz CT molecular complexity index is 537. The highest BCUT2D eigenvalue weighted by molar-refractivity contribution is 5.32. The fourth-order valence-electron chi connectivity index (χ4n) is 1.83. The maximum atomic E-state index is 10.5. The second-order valence-corrected chi connectivity index (χ2v) is 4.59. The minimum absolute atomic E-state index is 0.116. The Morgan fingerprint density at radius 2 is 2.05 bits per heavy atom.